The van der Waals surface area contributed by atoms with E-state index in [-0.39, 0.29) is 16.2 Å². The SMILES string of the molecule is CC(C)(C)c1cc(Oc2ccc3c4ccccc4n(-c4cc(C(C)(C)C)ccn4)c3c2)cc(N2C=CN(c3ccc(C(C)(C)C)cc3-c3ccccc3)C2)c1. The summed E-state index contributed by atoms with van der Waals surface area (Å²) in [6.07, 6.45) is 6.30. The van der Waals surface area contributed by atoms with Crippen LogP contribution in [0.1, 0.15) is 79.0 Å². The minimum absolute atomic E-state index is 0.00310. The van der Waals surface area contributed by atoms with Crippen molar-refractivity contribution >= 4 is 33.2 Å². The summed E-state index contributed by atoms with van der Waals surface area (Å²) in [5.74, 6) is 2.50. The van der Waals surface area contributed by atoms with Gasteiger partial charge in [0.15, 0.2) is 0 Å². The van der Waals surface area contributed by atoms with Gasteiger partial charge in [-0.15, -0.1) is 0 Å². The second-order valence-corrected chi connectivity index (χ2v) is 18.0. The molecule has 5 aromatic carbocycles. The first-order valence-corrected chi connectivity index (χ1v) is 19.4. The molecule has 0 atom stereocenters. The molecule has 2 aromatic heterocycles. The third kappa shape index (κ3) is 7.12. The highest BCUT2D eigenvalue weighted by atomic mass is 16.5. The Kier molecular flexibility index (Phi) is 8.87. The largest absolute Gasteiger partial charge is 0.457 e. The maximum atomic E-state index is 6.82. The predicted octanol–water partition coefficient (Wildman–Crippen LogP) is 13.3. The number of hydrogen-bond acceptors (Lipinski definition) is 4. The molecule has 0 spiro atoms. The molecule has 0 fully saturated rings. The van der Waals surface area contributed by atoms with Crippen molar-refractivity contribution in [3.05, 3.63) is 157 Å². The molecule has 3 heterocycles. The standard InChI is InChI=1S/C50H52N4O/c1-48(2,3)35-19-22-44(43(29-35)34-15-11-10-12-16-34)53-26-25-52(33-53)38-27-37(50(7,8)9)28-40(31-38)55-39-20-21-42-41-17-13-14-18-45(41)54(46(42)32-39)47-30-36(23-24-51-47)49(4,5)6/h10-32H,33H2,1-9H3. The predicted molar refractivity (Wildman–Crippen MR) is 232 cm³/mol. The second kappa shape index (κ2) is 13.5. The van der Waals surface area contributed by atoms with Crippen LogP contribution in [-0.2, 0) is 16.2 Å². The third-order valence-electron chi connectivity index (χ3n) is 10.8. The molecule has 0 bridgehead atoms. The van der Waals surface area contributed by atoms with Crippen LogP contribution in [0.5, 0.6) is 11.5 Å². The first-order chi connectivity index (χ1) is 26.1. The summed E-state index contributed by atoms with van der Waals surface area (Å²) in [5, 5.41) is 2.36. The van der Waals surface area contributed by atoms with E-state index in [1.54, 1.807) is 0 Å². The molecule has 8 rings (SSSR count). The minimum Gasteiger partial charge on any atom is -0.457 e. The summed E-state index contributed by atoms with van der Waals surface area (Å²) >= 11 is 0. The molecule has 0 saturated carbocycles. The molecule has 1 aliphatic heterocycles. The van der Waals surface area contributed by atoms with Gasteiger partial charge in [0.25, 0.3) is 0 Å². The lowest BCUT2D eigenvalue weighted by Crippen LogP contribution is -2.25. The third-order valence-corrected chi connectivity index (χ3v) is 10.8. The summed E-state index contributed by atoms with van der Waals surface area (Å²) in [4.78, 5) is 9.53. The van der Waals surface area contributed by atoms with E-state index in [1.165, 1.54) is 44.3 Å². The van der Waals surface area contributed by atoms with Crippen molar-refractivity contribution in [2.24, 2.45) is 0 Å². The van der Waals surface area contributed by atoms with Crippen molar-refractivity contribution in [2.75, 3.05) is 16.5 Å². The van der Waals surface area contributed by atoms with Gasteiger partial charge in [0.05, 0.1) is 23.4 Å². The Labute approximate surface area is 326 Å². The monoisotopic (exact) mass is 724 g/mol. The highest BCUT2D eigenvalue weighted by Gasteiger charge is 2.25. The number of benzene rings is 5. The number of rotatable bonds is 6. The molecule has 0 aliphatic carbocycles. The smallest absolute Gasteiger partial charge is 0.137 e. The van der Waals surface area contributed by atoms with Crippen LogP contribution < -0.4 is 14.5 Å². The number of pyridine rings is 1. The fourth-order valence-corrected chi connectivity index (χ4v) is 7.49. The average molecular weight is 725 g/mol. The van der Waals surface area contributed by atoms with Crippen LogP contribution in [0.25, 0.3) is 38.8 Å². The molecular formula is C50H52N4O. The summed E-state index contributed by atoms with van der Waals surface area (Å²) in [6.45, 7) is 21.0. The van der Waals surface area contributed by atoms with Crippen molar-refractivity contribution in [3.8, 4) is 28.4 Å². The molecule has 0 radical (unpaired) electrons. The number of anilines is 2. The van der Waals surface area contributed by atoms with Crippen molar-refractivity contribution in [3.63, 3.8) is 0 Å². The van der Waals surface area contributed by atoms with Gasteiger partial charge in [0, 0.05) is 52.8 Å². The van der Waals surface area contributed by atoms with Crippen LogP contribution >= 0.6 is 0 Å². The number of para-hydroxylation sites is 1. The lowest BCUT2D eigenvalue weighted by Gasteiger charge is -2.28. The minimum atomic E-state index is -0.0827. The second-order valence-electron chi connectivity index (χ2n) is 18.0. The molecule has 5 heteroatoms. The molecule has 0 saturated heterocycles. The van der Waals surface area contributed by atoms with E-state index in [4.69, 9.17) is 9.72 Å². The Morgan fingerprint density at radius 1 is 0.527 bits per heavy atom. The van der Waals surface area contributed by atoms with Crippen LogP contribution in [0, 0.1) is 0 Å². The highest BCUT2D eigenvalue weighted by molar-refractivity contribution is 6.09. The number of hydrogen-bond donors (Lipinski definition) is 0. The summed E-state index contributed by atoms with van der Waals surface area (Å²) in [7, 11) is 0. The van der Waals surface area contributed by atoms with Crippen LogP contribution in [0.15, 0.2) is 140 Å². The maximum absolute atomic E-state index is 6.82. The highest BCUT2D eigenvalue weighted by Crippen LogP contribution is 2.40. The number of aromatic nitrogens is 2. The van der Waals surface area contributed by atoms with Gasteiger partial charge in [-0.3, -0.25) is 4.57 Å². The normalized spacial score (nSPS) is 13.7. The zero-order valence-corrected chi connectivity index (χ0v) is 33.7. The number of nitrogens with zero attached hydrogens (tertiary/aromatic N) is 4. The molecule has 0 amide bonds. The Bertz CT molecular complexity index is 2560. The van der Waals surface area contributed by atoms with Crippen molar-refractivity contribution < 1.29 is 4.74 Å². The Balaban J connectivity index is 1.15. The molecule has 7 aromatic rings. The molecule has 5 nitrogen and oxygen atoms in total. The number of fused-ring (bicyclic) bond motifs is 3. The molecule has 0 unspecified atom stereocenters. The van der Waals surface area contributed by atoms with E-state index in [2.05, 4.69) is 210 Å². The van der Waals surface area contributed by atoms with E-state index in [0.29, 0.717) is 6.67 Å². The van der Waals surface area contributed by atoms with Gasteiger partial charge in [-0.25, -0.2) is 4.98 Å². The first-order valence-electron chi connectivity index (χ1n) is 19.4. The lowest BCUT2D eigenvalue weighted by molar-refractivity contribution is 0.479. The topological polar surface area (TPSA) is 33.5 Å². The fraction of sp³-hybridized carbons (Fsp3) is 0.260. The van der Waals surface area contributed by atoms with E-state index >= 15 is 0 Å². The summed E-state index contributed by atoms with van der Waals surface area (Å²) < 4.78 is 9.09. The fourth-order valence-electron chi connectivity index (χ4n) is 7.49. The van der Waals surface area contributed by atoms with E-state index in [9.17, 15) is 0 Å². The van der Waals surface area contributed by atoms with Crippen LogP contribution in [0.3, 0.4) is 0 Å². The van der Waals surface area contributed by atoms with Crippen molar-refractivity contribution in [1.29, 1.82) is 0 Å². The van der Waals surface area contributed by atoms with Crippen LogP contribution in [0.4, 0.5) is 11.4 Å². The Morgan fingerprint density at radius 3 is 1.95 bits per heavy atom. The molecule has 1 aliphatic rings. The first kappa shape index (κ1) is 36.2. The Hall–Kier alpha value is -5.81. The Morgan fingerprint density at radius 2 is 1.20 bits per heavy atom. The van der Waals surface area contributed by atoms with Gasteiger partial charge in [0.2, 0.25) is 0 Å². The van der Waals surface area contributed by atoms with Crippen LogP contribution in [-0.4, -0.2) is 16.2 Å². The van der Waals surface area contributed by atoms with E-state index in [1.807, 2.05) is 6.20 Å². The zero-order valence-electron chi connectivity index (χ0n) is 33.7. The summed E-state index contributed by atoms with van der Waals surface area (Å²) in [5.41, 5.74) is 10.7. The zero-order chi connectivity index (χ0) is 38.7. The van der Waals surface area contributed by atoms with E-state index in [0.717, 1.165) is 34.0 Å². The number of ether oxygens (including phenoxy) is 1. The van der Waals surface area contributed by atoms with Gasteiger partial charge >= 0.3 is 0 Å². The van der Waals surface area contributed by atoms with Gasteiger partial charge in [-0.05, 0) is 93.1 Å². The van der Waals surface area contributed by atoms with Crippen molar-refractivity contribution in [2.45, 2.75) is 78.6 Å². The lowest BCUT2D eigenvalue weighted by atomic mass is 9.85. The molecule has 55 heavy (non-hydrogen) atoms. The molecular weight excluding hydrogens is 673 g/mol. The van der Waals surface area contributed by atoms with Crippen LogP contribution in [0.2, 0.25) is 0 Å². The maximum Gasteiger partial charge on any atom is 0.137 e. The van der Waals surface area contributed by atoms with Gasteiger partial charge in [0.1, 0.15) is 17.3 Å². The summed E-state index contributed by atoms with van der Waals surface area (Å²) in [6, 6.07) is 43.6. The average Bonchev–Trinajstić information content (AvgIpc) is 3.77. The van der Waals surface area contributed by atoms with Gasteiger partial charge < -0.3 is 14.5 Å². The van der Waals surface area contributed by atoms with Gasteiger partial charge in [-0.2, -0.15) is 0 Å². The molecule has 0 N–H and O–H groups in total. The molecule has 278 valence electrons. The van der Waals surface area contributed by atoms with Crippen molar-refractivity contribution in [1.82, 2.24) is 9.55 Å². The quantitative estimate of drug-likeness (QED) is 0.171. The van der Waals surface area contributed by atoms with Gasteiger partial charge in [-0.1, -0.05) is 117 Å². The van der Waals surface area contributed by atoms with E-state index < -0.39 is 0 Å².